The lowest BCUT2D eigenvalue weighted by atomic mass is 9.97. The van der Waals surface area contributed by atoms with Crippen LogP contribution in [0.15, 0.2) is 35.2 Å². The summed E-state index contributed by atoms with van der Waals surface area (Å²) in [7, 11) is 1.84. The molecule has 1 aliphatic heterocycles. The van der Waals surface area contributed by atoms with Crippen molar-refractivity contribution in [3.05, 3.63) is 35.0 Å². The number of rotatable bonds is 9. The van der Waals surface area contributed by atoms with Crippen molar-refractivity contribution in [1.29, 1.82) is 0 Å². The summed E-state index contributed by atoms with van der Waals surface area (Å²) >= 11 is 1.85. The predicted octanol–water partition coefficient (Wildman–Crippen LogP) is 2.76. The lowest BCUT2D eigenvalue weighted by molar-refractivity contribution is 0.140. The van der Waals surface area contributed by atoms with Crippen LogP contribution in [0, 0.1) is 5.92 Å². The van der Waals surface area contributed by atoms with Gasteiger partial charge in [0.1, 0.15) is 12.7 Å². The minimum Gasteiger partial charge on any atom is -0.356 e. The first-order valence-electron chi connectivity index (χ1n) is 10.3. The number of thiophene rings is 1. The summed E-state index contributed by atoms with van der Waals surface area (Å²) < 4.78 is 2.01. The average Bonchev–Trinajstić information content (AvgIpc) is 3.42. The molecule has 154 valence electrons. The molecule has 1 saturated heterocycles. The van der Waals surface area contributed by atoms with Crippen molar-refractivity contribution in [2.24, 2.45) is 10.9 Å². The number of likely N-dealkylation sites (tertiary alicyclic amines) is 1. The average molecular weight is 404 g/mol. The number of hydrogen-bond acceptors (Lipinski definition) is 5. The van der Waals surface area contributed by atoms with Crippen LogP contribution in [0.3, 0.4) is 0 Å². The first-order chi connectivity index (χ1) is 13.8. The Balaban J connectivity index is 1.43. The maximum atomic E-state index is 4.40. The Kier molecular flexibility index (Phi) is 8.29. The molecule has 0 amide bonds. The van der Waals surface area contributed by atoms with Crippen molar-refractivity contribution in [3.8, 4) is 0 Å². The van der Waals surface area contributed by atoms with Gasteiger partial charge in [0.25, 0.3) is 0 Å². The Hall–Kier alpha value is -1.93. The fourth-order valence-electron chi connectivity index (χ4n) is 3.61. The van der Waals surface area contributed by atoms with Gasteiger partial charge < -0.3 is 15.2 Å². The zero-order valence-electron chi connectivity index (χ0n) is 17.0. The van der Waals surface area contributed by atoms with Gasteiger partial charge in [0.15, 0.2) is 5.96 Å². The fraction of sp³-hybridized carbons (Fsp3) is 0.650. The van der Waals surface area contributed by atoms with Crippen molar-refractivity contribution in [2.45, 2.75) is 45.2 Å². The number of unbranched alkanes of at least 4 members (excludes halogenated alkanes) is 1. The molecule has 0 radical (unpaired) electrons. The van der Waals surface area contributed by atoms with Gasteiger partial charge in [-0.15, -0.1) is 21.5 Å². The van der Waals surface area contributed by atoms with Crippen molar-refractivity contribution < 1.29 is 0 Å². The third kappa shape index (κ3) is 6.31. The number of piperidine rings is 1. The lowest BCUT2D eigenvalue weighted by Gasteiger charge is -2.36. The van der Waals surface area contributed by atoms with Gasteiger partial charge in [0.2, 0.25) is 0 Å². The molecule has 0 aromatic carbocycles. The van der Waals surface area contributed by atoms with E-state index in [0.29, 0.717) is 6.04 Å². The Labute approximate surface area is 172 Å². The van der Waals surface area contributed by atoms with Gasteiger partial charge >= 0.3 is 0 Å². The van der Waals surface area contributed by atoms with Gasteiger partial charge in [-0.25, -0.2) is 0 Å². The van der Waals surface area contributed by atoms with Crippen LogP contribution in [0.25, 0.3) is 0 Å². The second kappa shape index (κ2) is 11.2. The summed E-state index contributed by atoms with van der Waals surface area (Å²) in [4.78, 5) is 8.47. The van der Waals surface area contributed by atoms with Crippen molar-refractivity contribution >= 4 is 17.3 Å². The molecule has 3 heterocycles. The second-order valence-corrected chi connectivity index (χ2v) is 8.52. The van der Waals surface area contributed by atoms with Crippen molar-refractivity contribution in [1.82, 2.24) is 30.3 Å². The first kappa shape index (κ1) is 20.8. The highest BCUT2D eigenvalue weighted by molar-refractivity contribution is 7.10. The Bertz CT molecular complexity index is 675. The molecule has 0 saturated carbocycles. The predicted molar refractivity (Wildman–Crippen MR) is 116 cm³/mol. The van der Waals surface area contributed by atoms with E-state index >= 15 is 0 Å². The maximum absolute atomic E-state index is 4.40. The first-order valence-corrected chi connectivity index (χ1v) is 11.2. The van der Waals surface area contributed by atoms with Gasteiger partial charge in [-0.2, -0.15) is 0 Å². The van der Waals surface area contributed by atoms with E-state index in [4.69, 9.17) is 0 Å². The summed E-state index contributed by atoms with van der Waals surface area (Å²) in [5, 5.41) is 16.8. The molecular formula is C20H33N7S. The highest BCUT2D eigenvalue weighted by Crippen LogP contribution is 2.28. The van der Waals surface area contributed by atoms with Crippen LogP contribution >= 0.6 is 11.3 Å². The minimum absolute atomic E-state index is 0.416. The van der Waals surface area contributed by atoms with Gasteiger partial charge in [0.05, 0.1) is 6.04 Å². The third-order valence-electron chi connectivity index (χ3n) is 5.42. The molecular weight excluding hydrogens is 370 g/mol. The minimum atomic E-state index is 0.416. The smallest absolute Gasteiger partial charge is 0.191 e. The van der Waals surface area contributed by atoms with E-state index in [0.717, 1.165) is 44.4 Å². The number of guanidine groups is 1. The number of hydrogen-bond donors (Lipinski definition) is 2. The number of nitrogens with one attached hydrogen (secondary N) is 2. The highest BCUT2D eigenvalue weighted by Gasteiger charge is 2.25. The molecule has 1 atom stereocenters. The number of aryl methyl sites for hydroxylation is 1. The summed E-state index contributed by atoms with van der Waals surface area (Å²) in [6.45, 7) is 7.47. The van der Waals surface area contributed by atoms with Crippen molar-refractivity contribution in [2.75, 3.05) is 33.2 Å². The molecule has 0 spiro atoms. The molecule has 0 bridgehead atoms. The topological polar surface area (TPSA) is 70.4 Å². The fourth-order valence-corrected chi connectivity index (χ4v) is 4.47. The molecule has 2 N–H and O–H groups in total. The van der Waals surface area contributed by atoms with Crippen LogP contribution < -0.4 is 10.6 Å². The Morgan fingerprint density at radius 2 is 2.04 bits per heavy atom. The standard InChI is InChI=1S/C20H33N7S/c1-17-7-11-27(12-8-17)18(19-6-5-13-28-19)14-23-20(21-2)22-9-3-4-10-26-15-24-25-16-26/h5-6,13,15-18H,3-4,7-12,14H2,1-2H3,(H2,21,22,23). The number of aromatic nitrogens is 3. The highest BCUT2D eigenvalue weighted by atomic mass is 32.1. The number of nitrogens with zero attached hydrogens (tertiary/aromatic N) is 5. The summed E-state index contributed by atoms with van der Waals surface area (Å²) in [5.74, 6) is 1.73. The Morgan fingerprint density at radius 3 is 2.71 bits per heavy atom. The summed E-state index contributed by atoms with van der Waals surface area (Å²) in [6.07, 6.45) is 8.28. The van der Waals surface area contributed by atoms with Crippen LogP contribution in [-0.4, -0.2) is 58.9 Å². The van der Waals surface area contributed by atoms with E-state index in [1.54, 1.807) is 12.7 Å². The quantitative estimate of drug-likeness (QED) is 0.383. The molecule has 1 aliphatic rings. The molecule has 2 aromatic heterocycles. The van der Waals surface area contributed by atoms with Gasteiger partial charge in [0, 0.05) is 31.6 Å². The molecule has 7 nitrogen and oxygen atoms in total. The molecule has 0 aliphatic carbocycles. The summed E-state index contributed by atoms with van der Waals surface area (Å²) in [5.41, 5.74) is 0. The maximum Gasteiger partial charge on any atom is 0.191 e. The van der Waals surface area contributed by atoms with E-state index in [1.807, 2.05) is 23.0 Å². The van der Waals surface area contributed by atoms with E-state index < -0.39 is 0 Å². The van der Waals surface area contributed by atoms with Gasteiger partial charge in [-0.05, 0) is 56.1 Å². The van der Waals surface area contributed by atoms with E-state index in [1.165, 1.54) is 30.8 Å². The number of aliphatic imine (C=N–C) groups is 1. The zero-order chi connectivity index (χ0) is 19.6. The zero-order valence-corrected chi connectivity index (χ0v) is 17.9. The van der Waals surface area contributed by atoms with E-state index in [2.05, 4.69) is 55.2 Å². The molecule has 3 rings (SSSR count). The second-order valence-electron chi connectivity index (χ2n) is 7.54. The lowest BCUT2D eigenvalue weighted by Crippen LogP contribution is -2.45. The van der Waals surface area contributed by atoms with Gasteiger partial charge in [-0.1, -0.05) is 13.0 Å². The molecule has 1 unspecified atom stereocenters. The van der Waals surface area contributed by atoms with Crippen molar-refractivity contribution in [3.63, 3.8) is 0 Å². The third-order valence-corrected chi connectivity index (χ3v) is 6.39. The van der Waals surface area contributed by atoms with Crippen LogP contribution in [0.1, 0.15) is 43.5 Å². The van der Waals surface area contributed by atoms with Gasteiger partial charge in [-0.3, -0.25) is 9.89 Å². The monoisotopic (exact) mass is 403 g/mol. The van der Waals surface area contributed by atoms with Crippen LogP contribution in [-0.2, 0) is 6.54 Å². The van der Waals surface area contributed by atoms with Crippen LogP contribution in [0.4, 0.5) is 0 Å². The SMILES string of the molecule is CN=C(NCCCCn1cnnc1)NCC(c1cccs1)N1CCC(C)CC1. The molecule has 28 heavy (non-hydrogen) atoms. The normalized spacial score (nSPS) is 17.6. The summed E-state index contributed by atoms with van der Waals surface area (Å²) in [6, 6.07) is 4.83. The van der Waals surface area contributed by atoms with E-state index in [9.17, 15) is 0 Å². The molecule has 2 aromatic rings. The van der Waals surface area contributed by atoms with E-state index in [-0.39, 0.29) is 0 Å². The van der Waals surface area contributed by atoms with Crippen LogP contribution in [0.2, 0.25) is 0 Å². The molecule has 1 fully saturated rings. The van der Waals surface area contributed by atoms with Crippen LogP contribution in [0.5, 0.6) is 0 Å². The Morgan fingerprint density at radius 1 is 1.25 bits per heavy atom. The molecule has 8 heteroatoms. The largest absolute Gasteiger partial charge is 0.356 e.